The van der Waals surface area contributed by atoms with Gasteiger partial charge in [-0.25, -0.2) is 0 Å². The van der Waals surface area contributed by atoms with Crippen molar-refractivity contribution in [2.45, 2.75) is 90.4 Å². The molecule has 1 aliphatic carbocycles. The van der Waals surface area contributed by atoms with Gasteiger partial charge in [-0.2, -0.15) is 4.58 Å². The number of benzene rings is 3. The molecule has 4 nitrogen and oxygen atoms in total. The summed E-state index contributed by atoms with van der Waals surface area (Å²) in [6.45, 7) is 13.3. The number of halogens is 2. The van der Waals surface area contributed by atoms with Crippen LogP contribution in [0.5, 0.6) is 5.75 Å². The fourth-order valence-corrected chi connectivity index (χ4v) is 8.19. The summed E-state index contributed by atoms with van der Waals surface area (Å²) < 4.78 is 7.91. The van der Waals surface area contributed by atoms with Crippen LogP contribution >= 0.6 is 11.6 Å². The Labute approximate surface area is 310 Å². The number of hydrogen-bond donors (Lipinski definition) is 0. The first-order valence-electron chi connectivity index (χ1n) is 18.0. The van der Waals surface area contributed by atoms with E-state index in [2.05, 4.69) is 117 Å². The fourth-order valence-electron chi connectivity index (χ4n) is 7.86. The summed E-state index contributed by atoms with van der Waals surface area (Å²) in [5.41, 5.74) is 12.6. The van der Waals surface area contributed by atoms with E-state index in [4.69, 9.17) is 16.3 Å². The van der Waals surface area contributed by atoms with Crippen LogP contribution in [0.1, 0.15) is 90.7 Å². The van der Waals surface area contributed by atoms with Crippen molar-refractivity contribution in [3.8, 4) is 5.75 Å². The van der Waals surface area contributed by atoms with Crippen LogP contribution in [0.3, 0.4) is 0 Å². The number of carbonyl (C=O) groups is 1. The third kappa shape index (κ3) is 7.59. The Kier molecular flexibility index (Phi) is 12.0. The smallest absolute Gasteiger partial charge is 0.311 e. The van der Waals surface area contributed by atoms with Crippen LogP contribution in [-0.4, -0.2) is 29.3 Å². The first kappa shape index (κ1) is 37.4. The summed E-state index contributed by atoms with van der Waals surface area (Å²) in [6, 6.07) is 26.8. The maximum Gasteiger partial charge on any atom is 0.311 e. The zero-order valence-corrected chi connectivity index (χ0v) is 31.7. The molecule has 6 rings (SSSR count). The Morgan fingerprint density at radius 2 is 1.62 bits per heavy atom. The van der Waals surface area contributed by atoms with Gasteiger partial charge in [-0.15, -0.1) is 5.73 Å². The van der Waals surface area contributed by atoms with Crippen molar-refractivity contribution in [3.63, 3.8) is 0 Å². The number of anilines is 1. The van der Waals surface area contributed by atoms with Crippen LogP contribution < -0.4 is 22.0 Å². The van der Waals surface area contributed by atoms with Gasteiger partial charge >= 0.3 is 5.97 Å². The summed E-state index contributed by atoms with van der Waals surface area (Å²) in [6.07, 6.45) is 13.1. The van der Waals surface area contributed by atoms with Crippen LogP contribution in [0.4, 0.5) is 11.4 Å². The van der Waals surface area contributed by atoms with E-state index >= 15 is 0 Å². The Morgan fingerprint density at radius 3 is 2.38 bits per heavy atom. The summed E-state index contributed by atoms with van der Waals surface area (Å²) in [4.78, 5) is 14.8. The number of nitrogens with zero attached hydrogens (tertiary/aromatic N) is 2. The number of fused-ring (bicyclic) bond motifs is 2. The summed E-state index contributed by atoms with van der Waals surface area (Å²) in [5, 5.41) is 0.940. The Morgan fingerprint density at radius 1 is 0.920 bits per heavy atom. The number of hydrogen-bond acceptors (Lipinski definition) is 3. The first-order chi connectivity index (χ1) is 23.6. The zero-order chi connectivity index (χ0) is 34.6. The second kappa shape index (κ2) is 16.0. The Bertz CT molecular complexity index is 1860. The molecule has 0 N–H and O–H groups in total. The molecule has 0 aromatic heterocycles. The standard InChI is InChI=1S/C44H50ClN2O2.ClH/c1-6-46-37-24-14-12-22-35(37)43(2,3)39(46)29-27-32-18-17-19-33(42(32)45)28-30-40-44(4,5)36-23-13-15-25-38(36)47(40)31-16-8-11-26-41(48)49-34-20-9-7-10-21-34;/h7,9-10,12-15,20-25,27-29,33H,6,8,11,16-19,26,31H2,1-5H3;1H/q+1;/p-1/b29-27+;. The molecule has 0 saturated carbocycles. The maximum absolute atomic E-state index is 12.4. The number of carbonyl (C=O) groups excluding carboxylic acids is 1. The predicted octanol–water partition coefficient (Wildman–Crippen LogP) is 7.94. The molecule has 1 atom stereocenters. The van der Waals surface area contributed by atoms with Crippen LogP contribution in [0, 0.1) is 5.92 Å². The molecule has 262 valence electrons. The molecule has 0 bridgehead atoms. The lowest BCUT2D eigenvalue weighted by atomic mass is 9.81. The fraction of sp³-hybridized carbons (Fsp3) is 0.386. The highest BCUT2D eigenvalue weighted by Gasteiger charge is 2.43. The molecule has 2 heterocycles. The molecule has 0 radical (unpaired) electrons. The molecule has 3 aromatic carbocycles. The number of allylic oxidation sites excluding steroid dienone is 5. The van der Waals surface area contributed by atoms with Crippen molar-refractivity contribution in [1.29, 1.82) is 0 Å². The van der Waals surface area contributed by atoms with Crippen molar-refractivity contribution < 1.29 is 26.5 Å². The van der Waals surface area contributed by atoms with Gasteiger partial charge in [-0.05, 0) is 102 Å². The summed E-state index contributed by atoms with van der Waals surface area (Å²) >= 11 is 7.22. The maximum atomic E-state index is 12.4. The first-order valence-corrected chi connectivity index (χ1v) is 18.4. The summed E-state index contributed by atoms with van der Waals surface area (Å²) in [5.74, 6) is 0.569. The average molecular weight is 710 g/mol. The number of para-hydroxylation sites is 3. The molecule has 3 aromatic rings. The third-order valence-electron chi connectivity index (χ3n) is 10.5. The van der Waals surface area contributed by atoms with E-state index < -0.39 is 0 Å². The third-order valence-corrected chi connectivity index (χ3v) is 11.1. The van der Waals surface area contributed by atoms with Gasteiger partial charge in [0.15, 0.2) is 5.71 Å². The van der Waals surface area contributed by atoms with Gasteiger partial charge < -0.3 is 22.0 Å². The average Bonchev–Trinajstić information content (AvgIpc) is 3.45. The van der Waals surface area contributed by atoms with E-state index in [-0.39, 0.29) is 35.1 Å². The van der Waals surface area contributed by atoms with Gasteiger partial charge in [0, 0.05) is 52.7 Å². The van der Waals surface area contributed by atoms with Gasteiger partial charge in [0.2, 0.25) is 5.69 Å². The van der Waals surface area contributed by atoms with E-state index in [0.717, 1.165) is 56.6 Å². The highest BCUT2D eigenvalue weighted by atomic mass is 35.5. The van der Waals surface area contributed by atoms with E-state index in [0.29, 0.717) is 12.2 Å². The molecule has 3 aliphatic rings. The number of unbranched alkanes of at least 4 members (excludes halogenated alkanes) is 2. The van der Waals surface area contributed by atoms with Crippen molar-refractivity contribution in [2.24, 2.45) is 5.92 Å². The Hall–Kier alpha value is -3.82. The van der Waals surface area contributed by atoms with Crippen molar-refractivity contribution in [2.75, 3.05) is 18.0 Å². The van der Waals surface area contributed by atoms with Crippen LogP contribution in [-0.2, 0) is 15.6 Å². The van der Waals surface area contributed by atoms with Crippen LogP contribution in [0.2, 0.25) is 0 Å². The molecule has 0 saturated heterocycles. The molecule has 50 heavy (non-hydrogen) atoms. The topological polar surface area (TPSA) is 32.5 Å². The van der Waals surface area contributed by atoms with Crippen LogP contribution in [0.15, 0.2) is 119 Å². The normalized spacial score (nSPS) is 18.9. The predicted molar refractivity (Wildman–Crippen MR) is 203 cm³/mol. The summed E-state index contributed by atoms with van der Waals surface area (Å²) in [7, 11) is 0. The number of esters is 1. The zero-order valence-electron chi connectivity index (χ0n) is 30.1. The van der Waals surface area contributed by atoms with Gasteiger partial charge in [0.05, 0.1) is 11.1 Å². The van der Waals surface area contributed by atoms with Gasteiger partial charge in [-0.1, -0.05) is 78.7 Å². The van der Waals surface area contributed by atoms with E-state index in [1.54, 1.807) is 0 Å². The Balaban J connectivity index is 0.00000486. The van der Waals surface area contributed by atoms with Crippen LogP contribution in [0.25, 0.3) is 0 Å². The van der Waals surface area contributed by atoms with E-state index in [1.807, 2.05) is 30.3 Å². The minimum Gasteiger partial charge on any atom is -1.00 e. The highest BCUT2D eigenvalue weighted by molar-refractivity contribution is 6.30. The molecule has 0 spiro atoms. The molecule has 1 unspecified atom stereocenters. The quantitative estimate of drug-likeness (QED) is 0.0667. The SMILES string of the molecule is CC[N+]1=C(/C=C/C2=C(Cl)C(C=C=C3N(CCCCCC(=O)Oc4ccccc4)c4ccccc4C3(C)C)CCC2)C(C)(C)c2ccccc21.[Cl-]. The van der Waals surface area contributed by atoms with Crippen molar-refractivity contribution in [1.82, 2.24) is 0 Å². The monoisotopic (exact) mass is 708 g/mol. The van der Waals surface area contributed by atoms with Gasteiger partial charge in [-0.3, -0.25) is 4.79 Å². The minimum absolute atomic E-state index is 0. The number of ether oxygens (including phenoxy) is 1. The van der Waals surface area contributed by atoms with Gasteiger partial charge in [0.1, 0.15) is 12.3 Å². The second-order valence-electron chi connectivity index (χ2n) is 14.5. The van der Waals surface area contributed by atoms with E-state index in [1.165, 1.54) is 39.5 Å². The van der Waals surface area contributed by atoms with Crippen molar-refractivity contribution >= 4 is 34.7 Å². The molecular weight excluding hydrogens is 659 g/mol. The van der Waals surface area contributed by atoms with E-state index in [9.17, 15) is 4.79 Å². The lowest BCUT2D eigenvalue weighted by Crippen LogP contribution is -3.00. The number of rotatable bonds is 11. The molecule has 6 heteroatoms. The molecular formula is C44H50Cl2N2O2. The highest BCUT2D eigenvalue weighted by Crippen LogP contribution is 2.47. The second-order valence-corrected chi connectivity index (χ2v) is 14.9. The minimum atomic E-state index is -0.177. The van der Waals surface area contributed by atoms with Gasteiger partial charge in [0.25, 0.3) is 0 Å². The molecule has 0 fully saturated rings. The lowest BCUT2D eigenvalue weighted by molar-refractivity contribution is -0.433. The lowest BCUT2D eigenvalue weighted by Gasteiger charge is -2.26. The van der Waals surface area contributed by atoms with Crippen molar-refractivity contribution in [3.05, 3.63) is 130 Å². The largest absolute Gasteiger partial charge is 1.00 e. The molecule has 2 aliphatic heterocycles. The molecule has 0 amide bonds.